The van der Waals surface area contributed by atoms with Crippen LogP contribution in [0.2, 0.25) is 0 Å². The number of aliphatic hydroxyl groups excluding tert-OH is 2. The monoisotopic (exact) mass is 363 g/mol. The fourth-order valence-corrected chi connectivity index (χ4v) is 2.49. The molecule has 0 spiro atoms. The van der Waals surface area contributed by atoms with Gasteiger partial charge in [-0.05, 0) is 0 Å². The Labute approximate surface area is 149 Å². The summed E-state index contributed by atoms with van der Waals surface area (Å²) in [6, 6.07) is 0. The second kappa shape index (κ2) is 8.17. The summed E-state index contributed by atoms with van der Waals surface area (Å²) in [6.45, 7) is 0.746. The van der Waals surface area contributed by atoms with Gasteiger partial charge >= 0.3 is 0 Å². The van der Waals surface area contributed by atoms with Gasteiger partial charge in [-0.1, -0.05) is 5.16 Å². The van der Waals surface area contributed by atoms with Gasteiger partial charge in [0.25, 0.3) is 0 Å². The number of hydrogen-bond acceptors (Lipinski definition) is 10. The number of hydrogen-bond donors (Lipinski definition) is 2. The Morgan fingerprint density at radius 2 is 2.19 bits per heavy atom. The van der Waals surface area contributed by atoms with E-state index in [-0.39, 0.29) is 13.2 Å². The lowest BCUT2D eigenvalue weighted by molar-refractivity contribution is 0.0820. The first kappa shape index (κ1) is 18.2. The molecule has 3 rings (SSSR count). The van der Waals surface area contributed by atoms with Crippen LogP contribution in [0.4, 0.5) is 5.82 Å². The van der Waals surface area contributed by atoms with Crippen LogP contribution < -0.4 is 4.90 Å². The number of fused-ring (bicyclic) bond motifs is 1. The summed E-state index contributed by atoms with van der Waals surface area (Å²) >= 11 is 0. The number of methoxy groups -OCH3 is 1. The molecule has 0 aliphatic carbocycles. The maximum Gasteiger partial charge on any atom is 0.246 e. The van der Waals surface area contributed by atoms with Gasteiger partial charge in [0.15, 0.2) is 22.8 Å². The van der Waals surface area contributed by atoms with Crippen LogP contribution in [0.25, 0.3) is 11.2 Å². The normalized spacial score (nSPS) is 12.6. The summed E-state index contributed by atoms with van der Waals surface area (Å²) in [6.07, 6.45) is 2.69. The van der Waals surface area contributed by atoms with Crippen molar-refractivity contribution in [1.82, 2.24) is 29.7 Å². The second-order valence-electron chi connectivity index (χ2n) is 5.81. The van der Waals surface area contributed by atoms with Gasteiger partial charge in [-0.2, -0.15) is 4.98 Å². The fraction of sp³-hybridized carbons (Fsp3) is 0.533. The van der Waals surface area contributed by atoms with Crippen molar-refractivity contribution in [2.45, 2.75) is 25.6 Å². The molecule has 0 radical (unpaired) electrons. The number of rotatable bonds is 9. The van der Waals surface area contributed by atoms with E-state index in [1.165, 1.54) is 6.33 Å². The number of ether oxygens (including phenoxy) is 1. The molecule has 26 heavy (non-hydrogen) atoms. The molecule has 2 N–H and O–H groups in total. The summed E-state index contributed by atoms with van der Waals surface area (Å²) < 4.78 is 11.9. The lowest BCUT2D eigenvalue weighted by Gasteiger charge is -2.15. The number of imidazole rings is 1. The molecular formula is C15H21N7O4. The first-order valence-electron chi connectivity index (χ1n) is 8.08. The molecule has 140 valence electrons. The number of nitrogens with zero attached hydrogens (tertiary/aromatic N) is 7. The molecule has 0 fully saturated rings. The molecule has 3 heterocycles. The van der Waals surface area contributed by atoms with E-state index in [9.17, 15) is 5.11 Å². The van der Waals surface area contributed by atoms with Crippen LogP contribution in [-0.4, -0.2) is 73.3 Å². The molecule has 1 atom stereocenters. The molecule has 0 aliphatic rings. The first-order valence-corrected chi connectivity index (χ1v) is 8.08. The number of aliphatic hydroxyl groups is 2. The maximum atomic E-state index is 9.64. The third-order valence-corrected chi connectivity index (χ3v) is 3.77. The van der Waals surface area contributed by atoms with Crippen LogP contribution in [0.1, 0.15) is 11.7 Å². The van der Waals surface area contributed by atoms with Crippen molar-refractivity contribution in [2.24, 2.45) is 0 Å². The molecule has 11 heteroatoms. The van der Waals surface area contributed by atoms with Gasteiger partial charge in [-0.3, -0.25) is 0 Å². The predicted molar refractivity (Wildman–Crippen MR) is 90.4 cm³/mol. The van der Waals surface area contributed by atoms with E-state index >= 15 is 0 Å². The van der Waals surface area contributed by atoms with E-state index < -0.39 is 6.10 Å². The van der Waals surface area contributed by atoms with Gasteiger partial charge in [0, 0.05) is 20.6 Å². The standard InChI is InChI=1S/C15H21N7O4/c1-21(6-12-19-11(20-26-12)3-4-25-2)14-13-15(17-8-16-14)22(9-18-13)5-10(24)7-23/h8-10,23-24H,3-7H2,1-2H3. The predicted octanol–water partition coefficient (Wildman–Crippen LogP) is -0.612. The lowest BCUT2D eigenvalue weighted by atomic mass is 10.3. The molecule has 0 saturated carbocycles. The zero-order chi connectivity index (χ0) is 18.5. The molecule has 0 bridgehead atoms. The minimum atomic E-state index is -0.882. The van der Waals surface area contributed by atoms with E-state index in [1.807, 2.05) is 11.9 Å². The van der Waals surface area contributed by atoms with Crippen molar-refractivity contribution in [2.75, 3.05) is 32.3 Å². The molecule has 0 aliphatic heterocycles. The first-order chi connectivity index (χ1) is 12.6. The molecule has 3 aromatic heterocycles. The Balaban J connectivity index is 1.77. The van der Waals surface area contributed by atoms with Crippen LogP contribution in [0.5, 0.6) is 0 Å². The van der Waals surface area contributed by atoms with Crippen LogP contribution >= 0.6 is 0 Å². The van der Waals surface area contributed by atoms with E-state index in [0.29, 0.717) is 48.3 Å². The Morgan fingerprint density at radius 1 is 1.35 bits per heavy atom. The van der Waals surface area contributed by atoms with Crippen LogP contribution in [0.3, 0.4) is 0 Å². The second-order valence-corrected chi connectivity index (χ2v) is 5.81. The SMILES string of the molecule is COCCc1noc(CN(C)c2ncnc3c2ncn3CC(O)CO)n1. The zero-order valence-corrected chi connectivity index (χ0v) is 14.6. The summed E-state index contributed by atoms with van der Waals surface area (Å²) in [5.41, 5.74) is 1.15. The average molecular weight is 363 g/mol. The van der Waals surface area contributed by atoms with Gasteiger partial charge in [-0.15, -0.1) is 0 Å². The Kier molecular flexibility index (Phi) is 5.71. The maximum absolute atomic E-state index is 9.64. The quantitative estimate of drug-likeness (QED) is 0.506. The van der Waals surface area contributed by atoms with Gasteiger partial charge in [0.2, 0.25) is 5.89 Å². The third-order valence-electron chi connectivity index (χ3n) is 3.77. The molecule has 0 amide bonds. The Hall–Kier alpha value is -2.63. The Bertz CT molecular complexity index is 850. The summed E-state index contributed by atoms with van der Waals surface area (Å²) in [5.74, 6) is 1.65. The highest BCUT2D eigenvalue weighted by atomic mass is 16.5. The molecule has 11 nitrogen and oxygen atoms in total. The van der Waals surface area contributed by atoms with Gasteiger partial charge in [-0.25, -0.2) is 15.0 Å². The van der Waals surface area contributed by atoms with Crippen LogP contribution in [0.15, 0.2) is 17.2 Å². The van der Waals surface area contributed by atoms with Gasteiger partial charge < -0.3 is 28.9 Å². The van der Waals surface area contributed by atoms with Crippen molar-refractivity contribution in [3.8, 4) is 0 Å². The number of anilines is 1. The highest BCUT2D eigenvalue weighted by molar-refractivity contribution is 5.83. The van der Waals surface area contributed by atoms with Crippen molar-refractivity contribution < 1.29 is 19.5 Å². The smallest absolute Gasteiger partial charge is 0.246 e. The van der Waals surface area contributed by atoms with Gasteiger partial charge in [0.05, 0.1) is 38.7 Å². The highest BCUT2D eigenvalue weighted by Crippen LogP contribution is 2.21. The van der Waals surface area contributed by atoms with Crippen molar-refractivity contribution >= 4 is 17.0 Å². The minimum Gasteiger partial charge on any atom is -0.394 e. The topological polar surface area (TPSA) is 135 Å². The lowest BCUT2D eigenvalue weighted by Crippen LogP contribution is -2.20. The molecular weight excluding hydrogens is 342 g/mol. The van der Waals surface area contributed by atoms with E-state index in [4.69, 9.17) is 14.4 Å². The summed E-state index contributed by atoms with van der Waals surface area (Å²) in [7, 11) is 3.45. The van der Waals surface area contributed by atoms with Crippen LogP contribution in [0, 0.1) is 0 Å². The van der Waals surface area contributed by atoms with Gasteiger partial charge in [0.1, 0.15) is 6.33 Å². The van der Waals surface area contributed by atoms with Crippen LogP contribution in [-0.2, 0) is 24.2 Å². The van der Waals surface area contributed by atoms with E-state index in [0.717, 1.165) is 0 Å². The number of aromatic nitrogens is 6. The van der Waals surface area contributed by atoms with Crippen molar-refractivity contribution in [3.05, 3.63) is 24.4 Å². The van der Waals surface area contributed by atoms with E-state index in [1.54, 1.807) is 18.0 Å². The largest absolute Gasteiger partial charge is 0.394 e. The summed E-state index contributed by atoms with van der Waals surface area (Å²) in [5, 5.41) is 22.6. The highest BCUT2D eigenvalue weighted by Gasteiger charge is 2.17. The molecule has 3 aromatic rings. The zero-order valence-electron chi connectivity index (χ0n) is 14.6. The van der Waals surface area contributed by atoms with Crippen molar-refractivity contribution in [3.63, 3.8) is 0 Å². The fourth-order valence-electron chi connectivity index (χ4n) is 2.49. The molecule has 0 aromatic carbocycles. The van der Waals surface area contributed by atoms with Crippen molar-refractivity contribution in [1.29, 1.82) is 0 Å². The molecule has 1 unspecified atom stereocenters. The third kappa shape index (κ3) is 3.95. The molecule has 0 saturated heterocycles. The van der Waals surface area contributed by atoms with E-state index in [2.05, 4.69) is 25.1 Å². The average Bonchev–Trinajstić information content (AvgIpc) is 3.26. The minimum absolute atomic E-state index is 0.194. The Morgan fingerprint density at radius 3 is 2.96 bits per heavy atom. The summed E-state index contributed by atoms with van der Waals surface area (Å²) in [4.78, 5) is 19.0.